The second kappa shape index (κ2) is 6.23. The largest absolute Gasteiger partial charge is 0.478 e. The molecule has 124 valence electrons. The molecule has 0 bridgehead atoms. The Bertz CT molecular complexity index is 739. The Morgan fingerprint density at radius 3 is 2.57 bits per heavy atom. The third-order valence-corrected chi connectivity index (χ3v) is 3.52. The van der Waals surface area contributed by atoms with Crippen molar-refractivity contribution in [2.45, 2.75) is 26.4 Å². The van der Waals surface area contributed by atoms with Gasteiger partial charge in [-0.2, -0.15) is 18.3 Å². The van der Waals surface area contributed by atoms with Crippen molar-refractivity contribution < 1.29 is 23.1 Å². The fourth-order valence-electron chi connectivity index (χ4n) is 2.16. The monoisotopic (exact) mass is 346 g/mol. The lowest BCUT2D eigenvalue weighted by molar-refractivity contribution is -0.141. The van der Waals surface area contributed by atoms with E-state index >= 15 is 0 Å². The van der Waals surface area contributed by atoms with Crippen LogP contribution >= 0.6 is 11.6 Å². The Labute approximate surface area is 135 Å². The molecular formula is C15H14ClF3N2O2. The van der Waals surface area contributed by atoms with Crippen molar-refractivity contribution >= 4 is 17.6 Å². The van der Waals surface area contributed by atoms with Gasteiger partial charge in [-0.1, -0.05) is 31.5 Å². The van der Waals surface area contributed by atoms with Crippen LogP contribution in [0.5, 0.6) is 0 Å². The van der Waals surface area contributed by atoms with Crippen LogP contribution in [0.2, 0.25) is 5.02 Å². The van der Waals surface area contributed by atoms with Gasteiger partial charge in [0.05, 0.1) is 22.0 Å². The standard InChI is InChI=1S/C15H14ClF3N2O2/c1-8(2)6-11-12(16)13(15(17,18)19)20-21(11)10-5-3-4-9(7-10)14(22)23/h3-5,7-8H,6H2,1-2H3,(H,22,23). The highest BCUT2D eigenvalue weighted by Gasteiger charge is 2.39. The third-order valence-electron chi connectivity index (χ3n) is 3.12. The molecule has 2 aromatic rings. The first-order valence-electron chi connectivity index (χ1n) is 6.79. The zero-order valence-electron chi connectivity index (χ0n) is 12.4. The Balaban J connectivity index is 2.65. The van der Waals surface area contributed by atoms with Crippen LogP contribution in [0.3, 0.4) is 0 Å². The van der Waals surface area contributed by atoms with Crippen molar-refractivity contribution in [1.29, 1.82) is 0 Å². The average molecular weight is 347 g/mol. The number of aromatic nitrogens is 2. The van der Waals surface area contributed by atoms with Crippen LogP contribution in [0.1, 0.15) is 35.6 Å². The molecule has 0 saturated carbocycles. The van der Waals surface area contributed by atoms with E-state index in [0.717, 1.165) is 4.68 Å². The van der Waals surface area contributed by atoms with E-state index in [1.165, 1.54) is 24.3 Å². The Morgan fingerprint density at radius 1 is 1.39 bits per heavy atom. The first-order chi connectivity index (χ1) is 10.6. The van der Waals surface area contributed by atoms with Crippen molar-refractivity contribution in [3.05, 3.63) is 46.2 Å². The highest BCUT2D eigenvalue weighted by Crippen LogP contribution is 2.37. The molecule has 0 aliphatic rings. The number of hydrogen-bond acceptors (Lipinski definition) is 2. The fourth-order valence-corrected chi connectivity index (χ4v) is 2.46. The van der Waals surface area contributed by atoms with E-state index < -0.39 is 22.9 Å². The molecule has 0 spiro atoms. The van der Waals surface area contributed by atoms with E-state index in [9.17, 15) is 18.0 Å². The maximum Gasteiger partial charge on any atom is 0.436 e. The first-order valence-corrected chi connectivity index (χ1v) is 7.17. The second-order valence-corrected chi connectivity index (χ2v) is 5.85. The molecule has 1 aromatic carbocycles. The van der Waals surface area contributed by atoms with E-state index in [-0.39, 0.29) is 29.3 Å². The first kappa shape index (κ1) is 17.3. The summed E-state index contributed by atoms with van der Waals surface area (Å²) in [5.74, 6) is -1.13. The lowest BCUT2D eigenvalue weighted by Crippen LogP contribution is -2.09. The normalized spacial score (nSPS) is 12.0. The number of rotatable bonds is 4. The van der Waals surface area contributed by atoms with Gasteiger partial charge in [-0.15, -0.1) is 0 Å². The molecule has 0 saturated heterocycles. The zero-order valence-corrected chi connectivity index (χ0v) is 13.1. The summed E-state index contributed by atoms with van der Waals surface area (Å²) in [4.78, 5) is 11.0. The van der Waals surface area contributed by atoms with Crippen molar-refractivity contribution in [3.63, 3.8) is 0 Å². The number of nitrogens with zero attached hydrogens (tertiary/aromatic N) is 2. The molecule has 0 unspecified atom stereocenters. The van der Waals surface area contributed by atoms with Gasteiger partial charge in [-0.3, -0.25) is 0 Å². The summed E-state index contributed by atoms with van der Waals surface area (Å²) in [5, 5.41) is 12.1. The summed E-state index contributed by atoms with van der Waals surface area (Å²) in [6.45, 7) is 3.68. The zero-order chi connectivity index (χ0) is 17.4. The van der Waals surface area contributed by atoms with Crippen LogP contribution in [0, 0.1) is 5.92 Å². The highest BCUT2D eigenvalue weighted by atomic mass is 35.5. The molecular weight excluding hydrogens is 333 g/mol. The molecule has 1 heterocycles. The molecule has 0 radical (unpaired) electrons. The van der Waals surface area contributed by atoms with Crippen LogP contribution in [0.4, 0.5) is 13.2 Å². The number of hydrogen-bond donors (Lipinski definition) is 1. The summed E-state index contributed by atoms with van der Waals surface area (Å²) in [7, 11) is 0. The molecule has 0 aliphatic heterocycles. The summed E-state index contributed by atoms with van der Waals surface area (Å²) in [5.41, 5.74) is -0.789. The molecule has 2 rings (SSSR count). The molecule has 0 aliphatic carbocycles. The van der Waals surface area contributed by atoms with Gasteiger partial charge in [0, 0.05) is 0 Å². The third kappa shape index (κ3) is 3.67. The van der Waals surface area contributed by atoms with Crippen LogP contribution in [0.25, 0.3) is 5.69 Å². The number of benzene rings is 1. The number of aromatic carboxylic acids is 1. The maximum atomic E-state index is 13.0. The van der Waals surface area contributed by atoms with Gasteiger partial charge in [0.25, 0.3) is 0 Å². The maximum absolute atomic E-state index is 13.0. The van der Waals surface area contributed by atoms with E-state index in [1.54, 1.807) is 0 Å². The molecule has 8 heteroatoms. The topological polar surface area (TPSA) is 55.1 Å². The molecule has 4 nitrogen and oxygen atoms in total. The Kier molecular flexibility index (Phi) is 4.70. The summed E-state index contributed by atoms with van der Waals surface area (Å²) >= 11 is 5.89. The number of alkyl halides is 3. The van der Waals surface area contributed by atoms with Gasteiger partial charge >= 0.3 is 12.1 Å². The lowest BCUT2D eigenvalue weighted by atomic mass is 10.1. The van der Waals surface area contributed by atoms with E-state index in [0.29, 0.717) is 0 Å². The molecule has 0 fully saturated rings. The highest BCUT2D eigenvalue weighted by molar-refractivity contribution is 6.32. The Hall–Kier alpha value is -2.02. The smallest absolute Gasteiger partial charge is 0.436 e. The minimum absolute atomic E-state index is 0.0434. The van der Waals surface area contributed by atoms with Gasteiger partial charge in [0.2, 0.25) is 0 Å². The average Bonchev–Trinajstić information content (AvgIpc) is 2.76. The molecule has 0 amide bonds. The van der Waals surface area contributed by atoms with Crippen molar-refractivity contribution in [1.82, 2.24) is 9.78 Å². The van der Waals surface area contributed by atoms with Gasteiger partial charge in [0.1, 0.15) is 0 Å². The molecule has 1 aromatic heterocycles. The number of carboxylic acids is 1. The molecule has 0 atom stereocenters. The quantitative estimate of drug-likeness (QED) is 0.890. The summed E-state index contributed by atoms with van der Waals surface area (Å²) in [6.07, 6.45) is -4.41. The van der Waals surface area contributed by atoms with Crippen LogP contribution in [0.15, 0.2) is 24.3 Å². The van der Waals surface area contributed by atoms with Crippen LogP contribution < -0.4 is 0 Å². The lowest BCUT2D eigenvalue weighted by Gasteiger charge is -2.10. The molecule has 1 N–H and O–H groups in total. The van der Waals surface area contributed by atoms with E-state index in [4.69, 9.17) is 16.7 Å². The van der Waals surface area contributed by atoms with E-state index in [1.807, 2.05) is 13.8 Å². The minimum atomic E-state index is -4.68. The van der Waals surface area contributed by atoms with Crippen molar-refractivity contribution in [2.24, 2.45) is 5.92 Å². The van der Waals surface area contributed by atoms with Gasteiger partial charge in [0.15, 0.2) is 5.69 Å². The summed E-state index contributed by atoms with van der Waals surface area (Å²) in [6, 6.07) is 5.54. The van der Waals surface area contributed by atoms with Crippen LogP contribution in [-0.2, 0) is 12.6 Å². The number of carbonyl (C=O) groups is 1. The van der Waals surface area contributed by atoms with Crippen molar-refractivity contribution in [2.75, 3.05) is 0 Å². The van der Waals surface area contributed by atoms with Gasteiger partial charge in [-0.25, -0.2) is 9.48 Å². The van der Waals surface area contributed by atoms with Crippen LogP contribution in [-0.4, -0.2) is 20.9 Å². The van der Waals surface area contributed by atoms with Gasteiger partial charge < -0.3 is 5.11 Å². The predicted molar refractivity (Wildman–Crippen MR) is 79.1 cm³/mol. The second-order valence-electron chi connectivity index (χ2n) is 5.47. The minimum Gasteiger partial charge on any atom is -0.478 e. The van der Waals surface area contributed by atoms with E-state index in [2.05, 4.69) is 5.10 Å². The van der Waals surface area contributed by atoms with Crippen molar-refractivity contribution in [3.8, 4) is 5.69 Å². The summed E-state index contributed by atoms with van der Waals surface area (Å²) < 4.78 is 40.2. The Morgan fingerprint density at radius 2 is 2.04 bits per heavy atom. The number of carboxylic acid groups (broad SMARTS) is 1. The molecule has 23 heavy (non-hydrogen) atoms. The number of halogens is 4. The SMILES string of the molecule is CC(C)Cc1c(Cl)c(C(F)(F)F)nn1-c1cccc(C(=O)O)c1. The van der Waals surface area contributed by atoms with Gasteiger partial charge in [-0.05, 0) is 30.5 Å². The fraction of sp³-hybridized carbons (Fsp3) is 0.333. The predicted octanol–water partition coefficient (Wildman–Crippen LogP) is 4.44.